The maximum Gasteiger partial charge on any atom is 0.163 e. The number of nitrogens with one attached hydrogen (secondary N) is 1. The van der Waals surface area contributed by atoms with Gasteiger partial charge in [-0.2, -0.15) is 0 Å². The normalized spacial score (nSPS) is 12.1. The van der Waals surface area contributed by atoms with Gasteiger partial charge in [0.1, 0.15) is 11.0 Å². The highest BCUT2D eigenvalue weighted by Crippen LogP contribution is 2.20. The summed E-state index contributed by atoms with van der Waals surface area (Å²) in [4.78, 5) is 8.76. The Morgan fingerprint density at radius 1 is 1.24 bits per heavy atom. The number of hydrogen-bond donors (Lipinski definition) is 2. The van der Waals surface area contributed by atoms with Crippen molar-refractivity contribution in [3.63, 3.8) is 0 Å². The van der Waals surface area contributed by atoms with Crippen molar-refractivity contribution in [3.05, 3.63) is 41.6 Å². The second kappa shape index (κ2) is 7.96. The van der Waals surface area contributed by atoms with E-state index in [1.165, 1.54) is 0 Å². The topological polar surface area (TPSA) is 58.0 Å². The van der Waals surface area contributed by atoms with Crippen LogP contribution in [-0.2, 0) is 0 Å². The summed E-state index contributed by atoms with van der Waals surface area (Å²) in [6, 6.07) is 11.5. The van der Waals surface area contributed by atoms with Gasteiger partial charge in [0.05, 0.1) is 0 Å². The lowest BCUT2D eigenvalue weighted by Crippen LogP contribution is -2.16. The summed E-state index contributed by atoms with van der Waals surface area (Å²) in [6.07, 6.45) is 1.80. The molecular weight excluding hydrogens is 286 g/mol. The number of rotatable bonds is 7. The Balaban J connectivity index is 2.12. The summed E-state index contributed by atoms with van der Waals surface area (Å²) < 4.78 is 0. The highest BCUT2D eigenvalue weighted by molar-refractivity contribution is 6.29. The Hall–Kier alpha value is -1.65. The van der Waals surface area contributed by atoms with Crippen LogP contribution in [0.2, 0.25) is 5.15 Å². The van der Waals surface area contributed by atoms with E-state index in [4.69, 9.17) is 16.7 Å². The van der Waals surface area contributed by atoms with Crippen molar-refractivity contribution < 1.29 is 5.11 Å². The first-order chi connectivity index (χ1) is 10.2. The number of nitrogens with zero attached hydrogens (tertiary/aromatic N) is 2. The smallest absolute Gasteiger partial charge is 0.163 e. The van der Waals surface area contributed by atoms with Crippen LogP contribution in [-0.4, -0.2) is 28.2 Å². The van der Waals surface area contributed by atoms with Crippen LogP contribution in [0.15, 0.2) is 36.4 Å². The number of hydrogen-bond acceptors (Lipinski definition) is 4. The monoisotopic (exact) mass is 305 g/mol. The van der Waals surface area contributed by atoms with E-state index in [-0.39, 0.29) is 6.61 Å². The molecule has 21 heavy (non-hydrogen) atoms. The molecule has 1 unspecified atom stereocenters. The summed E-state index contributed by atoms with van der Waals surface area (Å²) >= 11 is 6.08. The van der Waals surface area contributed by atoms with Gasteiger partial charge in [-0.15, -0.1) is 0 Å². The Morgan fingerprint density at radius 2 is 2.00 bits per heavy atom. The van der Waals surface area contributed by atoms with Crippen molar-refractivity contribution in [2.24, 2.45) is 5.92 Å². The molecule has 0 amide bonds. The molecule has 1 heterocycles. The van der Waals surface area contributed by atoms with Crippen LogP contribution in [0.3, 0.4) is 0 Å². The number of aliphatic hydroxyl groups is 1. The van der Waals surface area contributed by atoms with E-state index in [9.17, 15) is 0 Å². The molecule has 5 heteroatoms. The highest BCUT2D eigenvalue weighted by Gasteiger charge is 2.08. The third-order valence-corrected chi connectivity index (χ3v) is 3.61. The number of aliphatic hydroxyl groups excluding tert-OH is 1. The SMILES string of the molecule is CCC(CCO)CNc1cc(Cl)nc(-c2ccccc2)n1. The zero-order chi connectivity index (χ0) is 15.1. The van der Waals surface area contributed by atoms with Crippen LogP contribution in [0.25, 0.3) is 11.4 Å². The maximum atomic E-state index is 9.03. The first kappa shape index (κ1) is 15.7. The Bertz CT molecular complexity index is 563. The van der Waals surface area contributed by atoms with E-state index in [1.54, 1.807) is 6.07 Å². The molecule has 112 valence electrons. The fourth-order valence-electron chi connectivity index (χ4n) is 2.11. The van der Waals surface area contributed by atoms with Gasteiger partial charge >= 0.3 is 0 Å². The largest absolute Gasteiger partial charge is 0.396 e. The molecule has 0 radical (unpaired) electrons. The quantitative estimate of drug-likeness (QED) is 0.767. The van der Waals surface area contributed by atoms with Crippen molar-refractivity contribution in [3.8, 4) is 11.4 Å². The van der Waals surface area contributed by atoms with Crippen LogP contribution in [0.4, 0.5) is 5.82 Å². The van der Waals surface area contributed by atoms with Gasteiger partial charge < -0.3 is 10.4 Å². The Kier molecular flexibility index (Phi) is 5.96. The van der Waals surface area contributed by atoms with E-state index in [0.717, 1.165) is 24.9 Å². The van der Waals surface area contributed by atoms with E-state index in [1.807, 2.05) is 30.3 Å². The molecule has 1 atom stereocenters. The molecule has 0 bridgehead atoms. The second-order valence-corrected chi connectivity index (χ2v) is 5.32. The lowest BCUT2D eigenvalue weighted by molar-refractivity contribution is 0.258. The van der Waals surface area contributed by atoms with Gasteiger partial charge in [0.15, 0.2) is 5.82 Å². The van der Waals surface area contributed by atoms with Gasteiger partial charge in [-0.25, -0.2) is 9.97 Å². The van der Waals surface area contributed by atoms with Crippen LogP contribution < -0.4 is 5.32 Å². The summed E-state index contributed by atoms with van der Waals surface area (Å²) in [5.74, 6) is 1.75. The molecule has 2 N–H and O–H groups in total. The summed E-state index contributed by atoms with van der Waals surface area (Å²) in [7, 11) is 0. The average molecular weight is 306 g/mol. The molecule has 0 aliphatic heterocycles. The molecule has 4 nitrogen and oxygen atoms in total. The number of benzene rings is 1. The molecule has 0 aliphatic rings. The molecule has 1 aromatic heterocycles. The fourth-order valence-corrected chi connectivity index (χ4v) is 2.29. The van der Waals surface area contributed by atoms with Crippen molar-refractivity contribution in [1.82, 2.24) is 9.97 Å². The first-order valence-electron chi connectivity index (χ1n) is 7.17. The minimum atomic E-state index is 0.208. The highest BCUT2D eigenvalue weighted by atomic mass is 35.5. The summed E-state index contributed by atoms with van der Waals surface area (Å²) in [6.45, 7) is 3.09. The summed E-state index contributed by atoms with van der Waals surface area (Å²) in [5, 5.41) is 12.7. The maximum absolute atomic E-state index is 9.03. The minimum absolute atomic E-state index is 0.208. The van der Waals surface area contributed by atoms with Gasteiger partial charge in [-0.1, -0.05) is 55.3 Å². The van der Waals surface area contributed by atoms with Crippen molar-refractivity contribution >= 4 is 17.4 Å². The zero-order valence-corrected chi connectivity index (χ0v) is 12.8. The lowest BCUT2D eigenvalue weighted by atomic mass is 10.0. The van der Waals surface area contributed by atoms with E-state index < -0.39 is 0 Å². The Labute approximate surface area is 130 Å². The van der Waals surface area contributed by atoms with Crippen molar-refractivity contribution in [1.29, 1.82) is 0 Å². The van der Waals surface area contributed by atoms with Crippen LogP contribution in [0.1, 0.15) is 19.8 Å². The van der Waals surface area contributed by atoms with E-state index in [2.05, 4.69) is 22.2 Å². The van der Waals surface area contributed by atoms with Gasteiger partial charge in [-0.05, 0) is 12.3 Å². The van der Waals surface area contributed by atoms with Crippen molar-refractivity contribution in [2.75, 3.05) is 18.5 Å². The second-order valence-electron chi connectivity index (χ2n) is 4.93. The molecule has 2 aromatic rings. The third-order valence-electron chi connectivity index (χ3n) is 3.41. The van der Waals surface area contributed by atoms with Gasteiger partial charge in [-0.3, -0.25) is 0 Å². The molecule has 0 spiro atoms. The average Bonchev–Trinajstić information content (AvgIpc) is 2.52. The standard InChI is InChI=1S/C16H20ClN3O/c1-2-12(8-9-21)11-18-15-10-14(17)19-16(20-15)13-6-4-3-5-7-13/h3-7,10,12,21H,2,8-9,11H2,1H3,(H,18,19,20). The van der Waals surface area contributed by atoms with Crippen molar-refractivity contribution in [2.45, 2.75) is 19.8 Å². The zero-order valence-electron chi connectivity index (χ0n) is 12.1. The lowest BCUT2D eigenvalue weighted by Gasteiger charge is -2.15. The number of anilines is 1. The van der Waals surface area contributed by atoms with E-state index >= 15 is 0 Å². The number of aromatic nitrogens is 2. The fraction of sp³-hybridized carbons (Fsp3) is 0.375. The van der Waals surface area contributed by atoms with Gasteiger partial charge in [0.25, 0.3) is 0 Å². The molecule has 1 aromatic carbocycles. The predicted octanol–water partition coefficient (Wildman–Crippen LogP) is 3.62. The predicted molar refractivity (Wildman–Crippen MR) is 86.5 cm³/mol. The molecule has 0 saturated carbocycles. The Morgan fingerprint density at radius 3 is 2.67 bits per heavy atom. The molecular formula is C16H20ClN3O. The molecule has 2 rings (SSSR count). The molecule has 0 aliphatic carbocycles. The van der Waals surface area contributed by atoms with Crippen LogP contribution in [0, 0.1) is 5.92 Å². The third kappa shape index (κ3) is 4.69. The van der Waals surface area contributed by atoms with E-state index in [0.29, 0.717) is 22.7 Å². The van der Waals surface area contributed by atoms with Gasteiger partial charge in [0, 0.05) is 24.8 Å². The van der Waals surface area contributed by atoms with Crippen LogP contribution in [0.5, 0.6) is 0 Å². The molecule has 0 fully saturated rings. The first-order valence-corrected chi connectivity index (χ1v) is 7.55. The molecule has 0 saturated heterocycles. The van der Waals surface area contributed by atoms with Crippen LogP contribution >= 0.6 is 11.6 Å². The minimum Gasteiger partial charge on any atom is -0.396 e. The van der Waals surface area contributed by atoms with Gasteiger partial charge in [0.2, 0.25) is 0 Å². The number of halogens is 1. The summed E-state index contributed by atoms with van der Waals surface area (Å²) in [5.41, 5.74) is 0.936.